The van der Waals surface area contributed by atoms with E-state index in [0.29, 0.717) is 23.3 Å². The van der Waals surface area contributed by atoms with Gasteiger partial charge in [0.05, 0.1) is 11.1 Å². The summed E-state index contributed by atoms with van der Waals surface area (Å²) in [6.07, 6.45) is -6.37. The molecule has 9 heteroatoms. The van der Waals surface area contributed by atoms with E-state index in [2.05, 4.69) is 5.32 Å². The van der Waals surface area contributed by atoms with Crippen molar-refractivity contribution >= 4 is 11.5 Å². The summed E-state index contributed by atoms with van der Waals surface area (Å²) in [6.45, 7) is -0.242. The number of nitrogens with one attached hydrogen (secondary N) is 1. The van der Waals surface area contributed by atoms with Crippen molar-refractivity contribution < 1.29 is 31.1 Å². The highest BCUT2D eigenvalue weighted by molar-refractivity contribution is 6.04. The smallest absolute Gasteiger partial charge is 0.376 e. The lowest BCUT2D eigenvalue weighted by Gasteiger charge is -2.24. The van der Waals surface area contributed by atoms with Crippen LogP contribution in [0.3, 0.4) is 0 Å². The molecule has 2 aromatic carbocycles. The number of nitrogens with zero attached hydrogens (tertiary/aromatic N) is 1. The monoisotopic (exact) mass is 440 g/mol. The number of halogens is 6. The molecule has 1 heterocycles. The van der Waals surface area contributed by atoms with Gasteiger partial charge in [0.15, 0.2) is 0 Å². The van der Waals surface area contributed by atoms with E-state index in [1.807, 2.05) is 6.07 Å². The second-order valence-corrected chi connectivity index (χ2v) is 7.09. The van der Waals surface area contributed by atoms with Crippen LogP contribution in [0.5, 0.6) is 0 Å². The predicted molar refractivity (Wildman–Crippen MR) is 103 cm³/mol. The summed E-state index contributed by atoms with van der Waals surface area (Å²) in [6, 6.07) is 10.3. The van der Waals surface area contributed by atoms with Gasteiger partial charge in [0.1, 0.15) is 0 Å². The van der Waals surface area contributed by atoms with Crippen molar-refractivity contribution in [1.29, 1.82) is 0 Å². The minimum atomic E-state index is -4.94. The lowest BCUT2D eigenvalue weighted by atomic mass is 9.96. The molecule has 2 aromatic rings. The summed E-state index contributed by atoms with van der Waals surface area (Å²) in [7, 11) is 1.74. The van der Waals surface area contributed by atoms with E-state index in [4.69, 9.17) is 0 Å². The first kappa shape index (κ1) is 22.5. The predicted octanol–water partition coefficient (Wildman–Crippen LogP) is 5.25. The van der Waals surface area contributed by atoms with Gasteiger partial charge in [-0.2, -0.15) is 26.3 Å². The standard InChI is InChI=1S/C22H18F6N2O/c1-30-8-7-18(15-5-3-2-4-6-15)19(13-30)20(31)29-12-14-9-16(21(23,24)25)11-17(10-14)22(26,27)28/h2-11H,12-13H2,1H3,(H,29,31). The number of alkyl halides is 6. The fourth-order valence-electron chi connectivity index (χ4n) is 3.18. The number of likely N-dealkylation sites (N-methyl/N-ethyl adjacent to an activating group) is 1. The van der Waals surface area contributed by atoms with E-state index in [0.717, 1.165) is 5.56 Å². The third-order valence-electron chi connectivity index (χ3n) is 4.69. The third-order valence-corrected chi connectivity index (χ3v) is 4.69. The average Bonchev–Trinajstić information content (AvgIpc) is 2.71. The van der Waals surface area contributed by atoms with Crippen molar-refractivity contribution in [1.82, 2.24) is 10.2 Å². The molecule has 0 radical (unpaired) electrons. The molecule has 1 aliphatic rings. The van der Waals surface area contributed by atoms with Gasteiger partial charge in [0, 0.05) is 25.7 Å². The van der Waals surface area contributed by atoms with Crippen molar-refractivity contribution in [3.63, 3.8) is 0 Å². The van der Waals surface area contributed by atoms with Crippen molar-refractivity contribution in [2.24, 2.45) is 0 Å². The highest BCUT2D eigenvalue weighted by Crippen LogP contribution is 2.36. The maximum Gasteiger partial charge on any atom is 0.416 e. The lowest BCUT2D eigenvalue weighted by molar-refractivity contribution is -0.143. The highest BCUT2D eigenvalue weighted by atomic mass is 19.4. The van der Waals surface area contributed by atoms with E-state index in [1.165, 1.54) is 0 Å². The Morgan fingerprint density at radius 2 is 1.55 bits per heavy atom. The molecular weight excluding hydrogens is 422 g/mol. The van der Waals surface area contributed by atoms with Gasteiger partial charge in [0.25, 0.3) is 0 Å². The van der Waals surface area contributed by atoms with Crippen LogP contribution >= 0.6 is 0 Å². The second-order valence-electron chi connectivity index (χ2n) is 7.09. The van der Waals surface area contributed by atoms with Gasteiger partial charge in [-0.25, -0.2) is 0 Å². The van der Waals surface area contributed by atoms with Crippen LogP contribution < -0.4 is 5.32 Å². The van der Waals surface area contributed by atoms with Gasteiger partial charge >= 0.3 is 12.4 Å². The molecule has 1 aliphatic heterocycles. The molecule has 0 fully saturated rings. The summed E-state index contributed by atoms with van der Waals surface area (Å²) in [5, 5.41) is 2.45. The molecule has 3 rings (SSSR count). The van der Waals surface area contributed by atoms with Crippen molar-refractivity contribution in [3.05, 3.63) is 88.6 Å². The number of benzene rings is 2. The topological polar surface area (TPSA) is 32.3 Å². The van der Waals surface area contributed by atoms with Crippen LogP contribution in [0, 0.1) is 0 Å². The van der Waals surface area contributed by atoms with Gasteiger partial charge in [-0.3, -0.25) is 4.79 Å². The Hall–Kier alpha value is -3.23. The van der Waals surface area contributed by atoms with E-state index >= 15 is 0 Å². The maximum absolute atomic E-state index is 13.0. The molecule has 0 atom stereocenters. The SMILES string of the molecule is CN1C=CC(c2ccccc2)=C(C(=O)NCc2cc(C(F)(F)F)cc(C(F)(F)F)c2)C1. The Bertz CT molecular complexity index is 990. The molecule has 1 amide bonds. The van der Waals surface area contributed by atoms with E-state index in [-0.39, 0.29) is 18.2 Å². The minimum Gasteiger partial charge on any atom is -0.376 e. The van der Waals surface area contributed by atoms with Crippen LogP contribution in [0.2, 0.25) is 0 Å². The summed E-state index contributed by atoms with van der Waals surface area (Å²) in [5.74, 6) is -0.568. The van der Waals surface area contributed by atoms with Crippen LogP contribution in [0.4, 0.5) is 26.3 Å². The Kier molecular flexibility index (Phi) is 6.15. The molecule has 3 nitrogen and oxygen atoms in total. The zero-order valence-electron chi connectivity index (χ0n) is 16.3. The van der Waals surface area contributed by atoms with Crippen LogP contribution in [-0.4, -0.2) is 24.4 Å². The molecule has 0 saturated carbocycles. The van der Waals surface area contributed by atoms with E-state index < -0.39 is 35.9 Å². The minimum absolute atomic E-state index is 0.0578. The van der Waals surface area contributed by atoms with Crippen LogP contribution in [-0.2, 0) is 23.7 Å². The Morgan fingerprint density at radius 3 is 2.10 bits per heavy atom. The van der Waals surface area contributed by atoms with Gasteiger partial charge in [-0.05, 0) is 47.2 Å². The number of carbonyl (C=O) groups excluding carboxylic acids is 1. The fourth-order valence-corrected chi connectivity index (χ4v) is 3.18. The number of rotatable bonds is 4. The molecular formula is C22H18F6N2O. The summed E-state index contributed by atoms with van der Waals surface area (Å²) < 4.78 is 78.2. The molecule has 1 N–H and O–H groups in total. The summed E-state index contributed by atoms with van der Waals surface area (Å²) in [4.78, 5) is 14.5. The Morgan fingerprint density at radius 1 is 0.968 bits per heavy atom. The Labute approximate surface area is 174 Å². The van der Waals surface area contributed by atoms with E-state index in [9.17, 15) is 31.1 Å². The Balaban J connectivity index is 1.88. The fraction of sp³-hybridized carbons (Fsp3) is 0.227. The second kappa shape index (κ2) is 8.49. The van der Waals surface area contributed by atoms with Crippen LogP contribution in [0.15, 0.2) is 66.4 Å². The number of hydrogen-bond acceptors (Lipinski definition) is 2. The zero-order valence-corrected chi connectivity index (χ0v) is 16.3. The average molecular weight is 440 g/mol. The van der Waals surface area contributed by atoms with Crippen LogP contribution in [0.1, 0.15) is 22.3 Å². The van der Waals surface area contributed by atoms with Gasteiger partial charge in [-0.1, -0.05) is 30.3 Å². The number of carbonyl (C=O) groups is 1. The van der Waals surface area contributed by atoms with E-state index in [1.54, 1.807) is 48.5 Å². The van der Waals surface area contributed by atoms with Crippen LogP contribution in [0.25, 0.3) is 5.57 Å². The maximum atomic E-state index is 13.0. The summed E-state index contributed by atoms with van der Waals surface area (Å²) >= 11 is 0. The molecule has 31 heavy (non-hydrogen) atoms. The van der Waals surface area contributed by atoms with Crippen molar-refractivity contribution in [2.45, 2.75) is 18.9 Å². The molecule has 0 saturated heterocycles. The van der Waals surface area contributed by atoms with Crippen molar-refractivity contribution in [2.75, 3.05) is 13.6 Å². The van der Waals surface area contributed by atoms with Gasteiger partial charge in [0.2, 0.25) is 5.91 Å². The summed E-state index contributed by atoms with van der Waals surface area (Å²) in [5.41, 5.74) is -1.37. The number of amides is 1. The molecule has 0 aromatic heterocycles. The first-order chi connectivity index (χ1) is 14.4. The molecule has 164 valence electrons. The molecule has 0 aliphatic carbocycles. The molecule has 0 bridgehead atoms. The first-order valence-corrected chi connectivity index (χ1v) is 9.19. The van der Waals surface area contributed by atoms with Crippen molar-refractivity contribution in [3.8, 4) is 0 Å². The van der Waals surface area contributed by atoms with Gasteiger partial charge in [-0.15, -0.1) is 0 Å². The quantitative estimate of drug-likeness (QED) is 0.659. The zero-order chi connectivity index (χ0) is 22.8. The third kappa shape index (κ3) is 5.48. The normalized spacial score (nSPS) is 14.7. The molecule has 0 unspecified atom stereocenters. The lowest BCUT2D eigenvalue weighted by Crippen LogP contribution is -2.32. The first-order valence-electron chi connectivity index (χ1n) is 9.19. The van der Waals surface area contributed by atoms with Gasteiger partial charge < -0.3 is 10.2 Å². The highest BCUT2D eigenvalue weighted by Gasteiger charge is 2.36. The largest absolute Gasteiger partial charge is 0.416 e. The number of allylic oxidation sites excluding steroid dienone is 2. The molecule has 0 spiro atoms. The number of hydrogen-bond donors (Lipinski definition) is 1.